The van der Waals surface area contributed by atoms with Gasteiger partial charge in [0.2, 0.25) is 0 Å². The number of esters is 1. The van der Waals surface area contributed by atoms with Crippen LogP contribution in [0, 0.1) is 0 Å². The van der Waals surface area contributed by atoms with Crippen LogP contribution in [-0.2, 0) is 14.3 Å². The molecule has 0 aromatic heterocycles. The monoisotopic (exact) mass is 243 g/mol. The zero-order valence-electron chi connectivity index (χ0n) is 7.83. The second kappa shape index (κ2) is 6.73. The fourth-order valence-electron chi connectivity index (χ4n) is 0.611. The van der Waals surface area contributed by atoms with E-state index < -0.39 is 17.4 Å². The fourth-order valence-corrected chi connectivity index (χ4v) is 1.10. The van der Waals surface area contributed by atoms with Gasteiger partial charge in [0.1, 0.15) is 5.38 Å². The Morgan fingerprint density at radius 2 is 2.07 bits per heavy atom. The number of rotatable bonds is 4. The van der Waals surface area contributed by atoms with Gasteiger partial charge >= 0.3 is 12.1 Å². The zero-order valence-corrected chi connectivity index (χ0v) is 9.34. The minimum atomic E-state index is -0.998. The van der Waals surface area contributed by atoms with Crippen LogP contribution in [0.1, 0.15) is 6.92 Å². The summed E-state index contributed by atoms with van der Waals surface area (Å²) < 4.78 is 9.60. The van der Waals surface area contributed by atoms with Crippen molar-refractivity contribution in [2.24, 2.45) is 0 Å². The minimum Gasteiger partial charge on any atom is -0.468 e. The Balaban J connectivity index is 3.98. The lowest BCUT2D eigenvalue weighted by Crippen LogP contribution is -2.33. The molecule has 0 aliphatic rings. The van der Waals surface area contributed by atoms with Crippen LogP contribution in [0.3, 0.4) is 0 Å². The van der Waals surface area contributed by atoms with Gasteiger partial charge in [-0.05, 0) is 6.92 Å². The van der Waals surface area contributed by atoms with E-state index in [2.05, 4.69) is 9.47 Å². The standard InChI is InChI=1S/C7H11Cl2NO4/c1-3-14-7(12)10(9)4-5(8)6(11)13-2/h5H,3-4H2,1-2H3. The summed E-state index contributed by atoms with van der Waals surface area (Å²) in [5, 5.41) is -0.998. The molecule has 1 atom stereocenters. The molecule has 0 radical (unpaired) electrons. The molecule has 82 valence electrons. The Hall–Kier alpha value is -0.680. The van der Waals surface area contributed by atoms with Crippen molar-refractivity contribution in [3.05, 3.63) is 0 Å². The third kappa shape index (κ3) is 4.53. The molecule has 0 fully saturated rings. The topological polar surface area (TPSA) is 55.8 Å². The first kappa shape index (κ1) is 13.3. The molecule has 0 N–H and O–H groups in total. The summed E-state index contributed by atoms with van der Waals surface area (Å²) in [6, 6.07) is 0. The Labute approximate surface area is 92.0 Å². The highest BCUT2D eigenvalue weighted by molar-refractivity contribution is 6.31. The lowest BCUT2D eigenvalue weighted by Gasteiger charge is -2.15. The van der Waals surface area contributed by atoms with Crippen LogP contribution in [0.15, 0.2) is 0 Å². The van der Waals surface area contributed by atoms with Gasteiger partial charge in [0.05, 0.1) is 20.3 Å². The normalized spacial score (nSPS) is 11.7. The van der Waals surface area contributed by atoms with Crippen molar-refractivity contribution in [3.63, 3.8) is 0 Å². The Kier molecular flexibility index (Phi) is 6.40. The van der Waals surface area contributed by atoms with Crippen LogP contribution in [-0.4, -0.2) is 42.1 Å². The molecule has 0 heterocycles. The van der Waals surface area contributed by atoms with E-state index in [1.54, 1.807) is 6.92 Å². The van der Waals surface area contributed by atoms with Crippen LogP contribution in [0.2, 0.25) is 0 Å². The van der Waals surface area contributed by atoms with E-state index in [0.29, 0.717) is 4.42 Å². The number of hydrogen-bond donors (Lipinski definition) is 0. The first-order valence-corrected chi connectivity index (χ1v) is 4.62. The van der Waals surface area contributed by atoms with Crippen molar-refractivity contribution in [2.45, 2.75) is 12.3 Å². The van der Waals surface area contributed by atoms with Gasteiger partial charge in [-0.3, -0.25) is 4.79 Å². The SMILES string of the molecule is CCOC(=O)N(Cl)CC(Cl)C(=O)OC. The summed E-state index contributed by atoms with van der Waals surface area (Å²) >= 11 is 11.0. The maximum Gasteiger partial charge on any atom is 0.424 e. The average Bonchev–Trinajstić information content (AvgIpc) is 2.16. The number of methoxy groups -OCH3 is 1. The number of carbonyl (C=O) groups excluding carboxylic acids is 2. The smallest absolute Gasteiger partial charge is 0.424 e. The number of ether oxygens (including phenoxy) is 2. The maximum atomic E-state index is 11.0. The molecule has 0 saturated heterocycles. The first-order valence-electron chi connectivity index (χ1n) is 3.84. The zero-order chi connectivity index (χ0) is 11.1. The quantitative estimate of drug-likeness (QED) is 0.426. The van der Waals surface area contributed by atoms with Crippen LogP contribution < -0.4 is 0 Å². The third-order valence-electron chi connectivity index (χ3n) is 1.24. The molecule has 0 aliphatic heterocycles. The lowest BCUT2D eigenvalue weighted by molar-refractivity contribution is -0.140. The number of hydrogen-bond acceptors (Lipinski definition) is 4. The first-order chi connectivity index (χ1) is 6.52. The van der Waals surface area contributed by atoms with E-state index in [9.17, 15) is 9.59 Å². The summed E-state index contributed by atoms with van der Waals surface area (Å²) in [7, 11) is 1.20. The molecule has 0 saturated carbocycles. The highest BCUT2D eigenvalue weighted by Crippen LogP contribution is 2.06. The summed E-state index contributed by atoms with van der Waals surface area (Å²) in [5.74, 6) is -0.651. The molecule has 1 amide bonds. The molecule has 1 unspecified atom stereocenters. The molecule has 0 aromatic rings. The maximum absolute atomic E-state index is 11.0. The molecular formula is C7H11Cl2NO4. The Morgan fingerprint density at radius 3 is 2.50 bits per heavy atom. The van der Waals surface area contributed by atoms with E-state index in [0.717, 1.165) is 0 Å². The van der Waals surface area contributed by atoms with Gasteiger partial charge < -0.3 is 9.47 Å². The summed E-state index contributed by atoms with van der Waals surface area (Å²) in [4.78, 5) is 21.8. The van der Waals surface area contributed by atoms with E-state index in [4.69, 9.17) is 23.4 Å². The molecular weight excluding hydrogens is 233 g/mol. The summed E-state index contributed by atoms with van der Waals surface area (Å²) in [6.45, 7) is 1.67. The van der Waals surface area contributed by atoms with Crippen molar-refractivity contribution < 1.29 is 19.1 Å². The number of nitrogens with zero attached hydrogens (tertiary/aromatic N) is 1. The van der Waals surface area contributed by atoms with Crippen molar-refractivity contribution in [1.82, 2.24) is 4.42 Å². The number of halogens is 2. The highest BCUT2D eigenvalue weighted by Gasteiger charge is 2.22. The Morgan fingerprint density at radius 1 is 1.50 bits per heavy atom. The van der Waals surface area contributed by atoms with Gasteiger partial charge in [-0.15, -0.1) is 11.6 Å². The summed E-state index contributed by atoms with van der Waals surface area (Å²) in [5.41, 5.74) is 0. The predicted octanol–water partition coefficient (Wildman–Crippen LogP) is 1.38. The predicted molar refractivity (Wildman–Crippen MR) is 51.2 cm³/mol. The Bertz CT molecular complexity index is 212. The lowest BCUT2D eigenvalue weighted by atomic mass is 10.4. The summed E-state index contributed by atoms with van der Waals surface area (Å²) in [6.07, 6.45) is -0.747. The van der Waals surface area contributed by atoms with Crippen molar-refractivity contribution in [3.8, 4) is 0 Å². The van der Waals surface area contributed by atoms with Gasteiger partial charge in [0.25, 0.3) is 0 Å². The van der Waals surface area contributed by atoms with Gasteiger partial charge in [-0.25, -0.2) is 9.21 Å². The molecule has 0 rings (SSSR count). The second-order valence-corrected chi connectivity index (χ2v) is 3.17. The average molecular weight is 244 g/mol. The van der Waals surface area contributed by atoms with Gasteiger partial charge in [0.15, 0.2) is 0 Å². The molecule has 0 aromatic carbocycles. The minimum absolute atomic E-state index is 0.172. The molecule has 0 aliphatic carbocycles. The van der Waals surface area contributed by atoms with Crippen LogP contribution >= 0.6 is 23.4 Å². The van der Waals surface area contributed by atoms with E-state index in [-0.39, 0.29) is 13.2 Å². The number of alkyl halides is 1. The van der Waals surface area contributed by atoms with Crippen molar-refractivity contribution >= 4 is 35.4 Å². The molecule has 0 spiro atoms. The number of amides is 1. The third-order valence-corrected chi connectivity index (χ3v) is 1.84. The molecule has 7 heteroatoms. The fraction of sp³-hybridized carbons (Fsp3) is 0.714. The van der Waals surface area contributed by atoms with Crippen LogP contribution in [0.5, 0.6) is 0 Å². The van der Waals surface area contributed by atoms with E-state index in [1.807, 2.05) is 0 Å². The van der Waals surface area contributed by atoms with Gasteiger partial charge in [-0.2, -0.15) is 0 Å². The molecule has 5 nitrogen and oxygen atoms in total. The van der Waals surface area contributed by atoms with E-state index >= 15 is 0 Å². The van der Waals surface area contributed by atoms with Crippen molar-refractivity contribution in [1.29, 1.82) is 0 Å². The molecule has 0 bridgehead atoms. The van der Waals surface area contributed by atoms with Crippen LogP contribution in [0.4, 0.5) is 4.79 Å². The van der Waals surface area contributed by atoms with Gasteiger partial charge in [0, 0.05) is 11.8 Å². The van der Waals surface area contributed by atoms with Gasteiger partial charge in [-0.1, -0.05) is 0 Å². The largest absolute Gasteiger partial charge is 0.468 e. The van der Waals surface area contributed by atoms with Crippen LogP contribution in [0.25, 0.3) is 0 Å². The van der Waals surface area contributed by atoms with E-state index in [1.165, 1.54) is 7.11 Å². The highest BCUT2D eigenvalue weighted by atomic mass is 35.5. The number of carbonyl (C=O) groups is 2. The second-order valence-electron chi connectivity index (χ2n) is 2.23. The van der Waals surface area contributed by atoms with Crippen molar-refractivity contribution in [2.75, 3.05) is 20.3 Å². The molecule has 14 heavy (non-hydrogen) atoms.